The molecule has 1 unspecified atom stereocenters. The molecule has 2 aromatic heterocycles. The zero-order chi connectivity index (χ0) is 15.0. The average Bonchev–Trinajstić information content (AvgIpc) is 3.03. The van der Waals surface area contributed by atoms with Crippen LogP contribution in [0.4, 0.5) is 0 Å². The van der Waals surface area contributed by atoms with Crippen LogP contribution >= 0.6 is 11.6 Å². The molecule has 4 nitrogen and oxygen atoms in total. The third-order valence-electron chi connectivity index (χ3n) is 3.65. The molecule has 3 aromatic rings. The van der Waals surface area contributed by atoms with Crippen molar-refractivity contribution in [2.75, 3.05) is 7.05 Å². The lowest BCUT2D eigenvalue weighted by Gasteiger charge is -2.13. The Bertz CT molecular complexity index is 775. The number of aryl methyl sites for hydroxylation is 2. The second-order valence-corrected chi connectivity index (χ2v) is 5.55. The van der Waals surface area contributed by atoms with Gasteiger partial charge in [-0.25, -0.2) is 0 Å². The van der Waals surface area contributed by atoms with Gasteiger partial charge in [0.1, 0.15) is 11.3 Å². The van der Waals surface area contributed by atoms with Gasteiger partial charge in [-0.15, -0.1) is 0 Å². The number of aromatic nitrogens is 2. The molecule has 1 N–H and O–H groups in total. The lowest BCUT2D eigenvalue weighted by atomic mass is 10.0. The van der Waals surface area contributed by atoms with Gasteiger partial charge in [-0.05, 0) is 37.7 Å². The van der Waals surface area contributed by atoms with E-state index < -0.39 is 0 Å². The molecule has 2 heterocycles. The molecule has 0 saturated carbocycles. The van der Waals surface area contributed by atoms with Crippen molar-refractivity contribution in [1.29, 1.82) is 0 Å². The zero-order valence-corrected chi connectivity index (χ0v) is 13.1. The van der Waals surface area contributed by atoms with E-state index in [0.717, 1.165) is 34.4 Å². The highest BCUT2D eigenvalue weighted by Gasteiger charge is 2.21. The van der Waals surface area contributed by atoms with Crippen LogP contribution in [0.15, 0.2) is 34.9 Å². The summed E-state index contributed by atoms with van der Waals surface area (Å²) in [5.41, 5.74) is 3.07. The highest BCUT2D eigenvalue weighted by Crippen LogP contribution is 2.30. The molecule has 110 valence electrons. The summed E-state index contributed by atoms with van der Waals surface area (Å²) in [7, 11) is 3.87. The van der Waals surface area contributed by atoms with Gasteiger partial charge in [-0.1, -0.05) is 18.5 Å². The van der Waals surface area contributed by atoms with Gasteiger partial charge in [0.05, 0.1) is 11.7 Å². The second-order valence-electron chi connectivity index (χ2n) is 5.11. The van der Waals surface area contributed by atoms with E-state index in [1.165, 1.54) is 0 Å². The predicted octanol–water partition coefficient (Wildman–Crippen LogP) is 3.69. The highest BCUT2D eigenvalue weighted by atomic mass is 35.5. The Kier molecular flexibility index (Phi) is 3.74. The maximum absolute atomic E-state index is 6.04. The minimum Gasteiger partial charge on any atom is -0.459 e. The minimum absolute atomic E-state index is 0.0141. The standard InChI is InChI=1S/C16H18ClN3O/c1-4-13-12(9-20(3)19-13)16(18-2)15-8-10-7-11(17)5-6-14(10)21-15/h5-9,16,18H,4H2,1-3H3. The summed E-state index contributed by atoms with van der Waals surface area (Å²) in [5.74, 6) is 0.873. The first kappa shape index (κ1) is 14.2. The van der Waals surface area contributed by atoms with E-state index >= 15 is 0 Å². The summed E-state index contributed by atoms with van der Waals surface area (Å²) < 4.78 is 7.83. The lowest BCUT2D eigenvalue weighted by Crippen LogP contribution is -2.17. The molecule has 0 aliphatic carbocycles. The largest absolute Gasteiger partial charge is 0.459 e. The van der Waals surface area contributed by atoms with Crippen molar-refractivity contribution < 1.29 is 4.42 Å². The molecule has 0 fully saturated rings. The van der Waals surface area contributed by atoms with Crippen LogP contribution in [0.2, 0.25) is 5.02 Å². The van der Waals surface area contributed by atoms with Gasteiger partial charge in [-0.3, -0.25) is 4.68 Å². The monoisotopic (exact) mass is 303 g/mol. The molecule has 0 radical (unpaired) electrons. The van der Waals surface area contributed by atoms with Gasteiger partial charge in [-0.2, -0.15) is 5.10 Å². The third kappa shape index (κ3) is 2.57. The first-order valence-corrected chi connectivity index (χ1v) is 7.38. The summed E-state index contributed by atoms with van der Waals surface area (Å²) >= 11 is 6.04. The van der Waals surface area contributed by atoms with Crippen molar-refractivity contribution in [1.82, 2.24) is 15.1 Å². The lowest BCUT2D eigenvalue weighted by molar-refractivity contribution is 0.490. The quantitative estimate of drug-likeness (QED) is 0.799. The molecule has 0 aliphatic rings. The number of hydrogen-bond acceptors (Lipinski definition) is 3. The minimum atomic E-state index is -0.0141. The van der Waals surface area contributed by atoms with Crippen molar-refractivity contribution >= 4 is 22.6 Å². The summed E-state index contributed by atoms with van der Waals surface area (Å²) in [6.07, 6.45) is 2.93. The Morgan fingerprint density at radius 2 is 2.19 bits per heavy atom. The van der Waals surface area contributed by atoms with E-state index in [1.807, 2.05) is 49.2 Å². The van der Waals surface area contributed by atoms with Crippen LogP contribution in [0, 0.1) is 0 Å². The van der Waals surface area contributed by atoms with Crippen molar-refractivity contribution in [3.63, 3.8) is 0 Å². The van der Waals surface area contributed by atoms with Crippen LogP contribution in [0.5, 0.6) is 0 Å². The van der Waals surface area contributed by atoms with Crippen molar-refractivity contribution in [3.8, 4) is 0 Å². The summed E-state index contributed by atoms with van der Waals surface area (Å²) in [4.78, 5) is 0. The van der Waals surface area contributed by atoms with E-state index in [0.29, 0.717) is 5.02 Å². The van der Waals surface area contributed by atoms with Crippen molar-refractivity contribution in [2.45, 2.75) is 19.4 Å². The molecule has 0 spiro atoms. The molecule has 3 rings (SSSR count). The topological polar surface area (TPSA) is 43.0 Å². The molecule has 0 amide bonds. The van der Waals surface area contributed by atoms with Crippen LogP contribution in [0.25, 0.3) is 11.0 Å². The Balaban J connectivity index is 2.08. The van der Waals surface area contributed by atoms with Crippen molar-refractivity contribution in [3.05, 3.63) is 52.5 Å². The van der Waals surface area contributed by atoms with E-state index in [2.05, 4.69) is 17.3 Å². The molecule has 1 atom stereocenters. The fraction of sp³-hybridized carbons (Fsp3) is 0.312. The number of hydrogen-bond donors (Lipinski definition) is 1. The normalized spacial score (nSPS) is 13.0. The molecule has 0 bridgehead atoms. The first-order valence-electron chi connectivity index (χ1n) is 7.01. The summed E-state index contributed by atoms with van der Waals surface area (Å²) in [6, 6.07) is 7.68. The van der Waals surface area contributed by atoms with E-state index in [-0.39, 0.29) is 6.04 Å². The number of halogens is 1. The van der Waals surface area contributed by atoms with Gasteiger partial charge in [0.2, 0.25) is 0 Å². The Morgan fingerprint density at radius 1 is 1.38 bits per heavy atom. The SMILES string of the molecule is CCc1nn(C)cc1C(NC)c1cc2cc(Cl)ccc2o1. The third-order valence-corrected chi connectivity index (χ3v) is 3.89. The molecule has 0 aliphatic heterocycles. The number of furan rings is 1. The van der Waals surface area contributed by atoms with E-state index in [9.17, 15) is 0 Å². The molecular weight excluding hydrogens is 286 g/mol. The van der Waals surface area contributed by atoms with Crippen LogP contribution < -0.4 is 5.32 Å². The van der Waals surface area contributed by atoms with Gasteiger partial charge in [0, 0.05) is 29.2 Å². The van der Waals surface area contributed by atoms with Gasteiger partial charge < -0.3 is 9.73 Å². The van der Waals surface area contributed by atoms with Gasteiger partial charge in [0.25, 0.3) is 0 Å². The van der Waals surface area contributed by atoms with Crippen LogP contribution in [-0.2, 0) is 13.5 Å². The predicted molar refractivity (Wildman–Crippen MR) is 84.7 cm³/mol. The number of fused-ring (bicyclic) bond motifs is 1. The Labute approximate surface area is 128 Å². The Hall–Kier alpha value is -1.78. The van der Waals surface area contributed by atoms with E-state index in [1.54, 1.807) is 0 Å². The molecule has 0 saturated heterocycles. The smallest absolute Gasteiger partial charge is 0.134 e. The van der Waals surface area contributed by atoms with Crippen LogP contribution in [0.1, 0.15) is 30.0 Å². The Morgan fingerprint density at radius 3 is 2.90 bits per heavy atom. The van der Waals surface area contributed by atoms with Crippen LogP contribution in [0.3, 0.4) is 0 Å². The molecular formula is C16H18ClN3O. The number of benzene rings is 1. The fourth-order valence-electron chi connectivity index (χ4n) is 2.70. The van der Waals surface area contributed by atoms with Crippen LogP contribution in [-0.4, -0.2) is 16.8 Å². The number of nitrogens with zero attached hydrogens (tertiary/aromatic N) is 2. The maximum atomic E-state index is 6.04. The molecule has 1 aromatic carbocycles. The second kappa shape index (κ2) is 5.54. The maximum Gasteiger partial charge on any atom is 0.134 e. The average molecular weight is 304 g/mol. The van der Waals surface area contributed by atoms with E-state index in [4.69, 9.17) is 16.0 Å². The first-order chi connectivity index (χ1) is 10.1. The number of nitrogens with one attached hydrogen (secondary N) is 1. The van der Waals surface area contributed by atoms with Gasteiger partial charge >= 0.3 is 0 Å². The summed E-state index contributed by atoms with van der Waals surface area (Å²) in [5, 5.41) is 9.55. The zero-order valence-electron chi connectivity index (χ0n) is 12.4. The van der Waals surface area contributed by atoms with Gasteiger partial charge in [0.15, 0.2) is 0 Å². The summed E-state index contributed by atoms with van der Waals surface area (Å²) in [6.45, 7) is 2.11. The number of rotatable bonds is 4. The molecule has 5 heteroatoms. The fourth-order valence-corrected chi connectivity index (χ4v) is 2.88. The molecule has 21 heavy (non-hydrogen) atoms. The highest BCUT2D eigenvalue weighted by molar-refractivity contribution is 6.31. The van der Waals surface area contributed by atoms with Crippen molar-refractivity contribution in [2.24, 2.45) is 7.05 Å².